The molecule has 0 radical (unpaired) electrons. The van der Waals surface area contributed by atoms with Crippen molar-refractivity contribution in [2.45, 2.75) is 26.8 Å². The molecule has 0 saturated carbocycles. The summed E-state index contributed by atoms with van der Waals surface area (Å²) in [5.41, 5.74) is 1.50. The van der Waals surface area contributed by atoms with Crippen LogP contribution in [0.1, 0.15) is 42.7 Å². The van der Waals surface area contributed by atoms with Gasteiger partial charge in [0.2, 0.25) is 0 Å². The van der Waals surface area contributed by atoms with E-state index in [1.54, 1.807) is 19.2 Å². The largest absolute Gasteiger partial charge is 0.497 e. The number of nitrogens with zero attached hydrogens (tertiary/aromatic N) is 1. The third-order valence-corrected chi connectivity index (χ3v) is 5.25. The number of halogens is 1. The first-order valence-corrected chi connectivity index (χ1v) is 10.5. The number of likely N-dealkylation sites (N-methyl/N-ethyl adjacent to an activating group) is 1. The average Bonchev–Trinajstić information content (AvgIpc) is 2.77. The molecule has 0 unspecified atom stereocenters. The first-order valence-electron chi connectivity index (χ1n) is 10.1. The molecule has 0 bridgehead atoms. The van der Waals surface area contributed by atoms with Crippen LogP contribution in [0.4, 0.5) is 0 Å². The topological polar surface area (TPSA) is 60.0 Å². The van der Waals surface area contributed by atoms with Gasteiger partial charge in [-0.2, -0.15) is 0 Å². The SMILES string of the molecule is CCOc1c(Cl)cc(C(=O)NC[C@@H](c2cccc(OC)c2)N(CC)CC)cc1OC. The van der Waals surface area contributed by atoms with Crippen molar-refractivity contribution < 1.29 is 19.0 Å². The molecule has 164 valence electrons. The molecule has 0 spiro atoms. The van der Waals surface area contributed by atoms with Crippen molar-refractivity contribution in [3.8, 4) is 17.2 Å². The van der Waals surface area contributed by atoms with Crippen molar-refractivity contribution >= 4 is 17.5 Å². The lowest BCUT2D eigenvalue weighted by Gasteiger charge is -2.30. The Labute approximate surface area is 184 Å². The van der Waals surface area contributed by atoms with Crippen LogP contribution in [0.15, 0.2) is 36.4 Å². The Balaban J connectivity index is 2.24. The summed E-state index contributed by atoms with van der Waals surface area (Å²) in [7, 11) is 3.17. The second-order valence-corrected chi connectivity index (χ2v) is 7.05. The van der Waals surface area contributed by atoms with Gasteiger partial charge in [0.25, 0.3) is 5.91 Å². The summed E-state index contributed by atoms with van der Waals surface area (Å²) < 4.78 is 16.2. The van der Waals surface area contributed by atoms with E-state index in [0.717, 1.165) is 24.4 Å². The number of hydrogen-bond acceptors (Lipinski definition) is 5. The maximum absolute atomic E-state index is 12.9. The smallest absolute Gasteiger partial charge is 0.251 e. The third-order valence-electron chi connectivity index (χ3n) is 4.97. The van der Waals surface area contributed by atoms with E-state index in [9.17, 15) is 4.79 Å². The van der Waals surface area contributed by atoms with Gasteiger partial charge in [-0.05, 0) is 49.8 Å². The van der Waals surface area contributed by atoms with Gasteiger partial charge in [-0.25, -0.2) is 0 Å². The quantitative estimate of drug-likeness (QED) is 0.561. The fourth-order valence-corrected chi connectivity index (χ4v) is 3.66. The average molecular weight is 435 g/mol. The van der Waals surface area contributed by atoms with Crippen molar-refractivity contribution in [3.05, 3.63) is 52.5 Å². The number of nitrogens with one attached hydrogen (secondary N) is 1. The van der Waals surface area contributed by atoms with Gasteiger partial charge in [0, 0.05) is 12.1 Å². The summed E-state index contributed by atoms with van der Waals surface area (Å²) >= 11 is 6.32. The molecule has 7 heteroatoms. The molecule has 0 heterocycles. The molecule has 0 saturated heterocycles. The van der Waals surface area contributed by atoms with E-state index in [-0.39, 0.29) is 11.9 Å². The zero-order valence-corrected chi connectivity index (χ0v) is 19.1. The van der Waals surface area contributed by atoms with Gasteiger partial charge in [0.15, 0.2) is 11.5 Å². The van der Waals surface area contributed by atoms with Gasteiger partial charge in [-0.15, -0.1) is 0 Å². The number of rotatable bonds is 11. The van der Waals surface area contributed by atoms with Gasteiger partial charge in [-0.3, -0.25) is 9.69 Å². The fraction of sp³-hybridized carbons (Fsp3) is 0.435. The van der Waals surface area contributed by atoms with Gasteiger partial charge < -0.3 is 19.5 Å². The normalized spacial score (nSPS) is 11.8. The Morgan fingerprint density at radius 1 is 1.10 bits per heavy atom. The number of ether oxygens (including phenoxy) is 3. The summed E-state index contributed by atoms with van der Waals surface area (Å²) in [6, 6.07) is 11.2. The molecule has 0 aromatic heterocycles. The number of carbonyl (C=O) groups is 1. The molecule has 1 atom stereocenters. The van der Waals surface area contributed by atoms with Crippen LogP contribution in [0.3, 0.4) is 0 Å². The first kappa shape index (κ1) is 23.8. The summed E-state index contributed by atoms with van der Waals surface area (Å²) in [6.45, 7) is 8.69. The van der Waals surface area contributed by atoms with Gasteiger partial charge >= 0.3 is 0 Å². The van der Waals surface area contributed by atoms with Crippen LogP contribution >= 0.6 is 11.6 Å². The van der Waals surface area contributed by atoms with Gasteiger partial charge in [-0.1, -0.05) is 37.6 Å². The van der Waals surface area contributed by atoms with E-state index < -0.39 is 0 Å². The molecular formula is C23H31ClN2O4. The molecule has 6 nitrogen and oxygen atoms in total. The van der Waals surface area contributed by atoms with Crippen molar-refractivity contribution in [1.82, 2.24) is 10.2 Å². The van der Waals surface area contributed by atoms with Crippen LogP contribution in [-0.2, 0) is 0 Å². The minimum Gasteiger partial charge on any atom is -0.497 e. The van der Waals surface area contributed by atoms with Crippen molar-refractivity contribution in [2.24, 2.45) is 0 Å². The first-order chi connectivity index (χ1) is 14.5. The maximum Gasteiger partial charge on any atom is 0.251 e. The molecule has 2 rings (SSSR count). The zero-order chi connectivity index (χ0) is 22.1. The Morgan fingerprint density at radius 3 is 2.43 bits per heavy atom. The number of benzene rings is 2. The van der Waals surface area contributed by atoms with Crippen LogP contribution in [0.25, 0.3) is 0 Å². The Kier molecular flexibility index (Phi) is 9.27. The Morgan fingerprint density at radius 2 is 1.83 bits per heavy atom. The Bertz CT molecular complexity index is 840. The van der Waals surface area contributed by atoms with Crippen LogP contribution in [0, 0.1) is 0 Å². The van der Waals surface area contributed by atoms with Crippen molar-refractivity contribution in [3.63, 3.8) is 0 Å². The monoisotopic (exact) mass is 434 g/mol. The number of methoxy groups -OCH3 is 2. The number of hydrogen-bond donors (Lipinski definition) is 1. The zero-order valence-electron chi connectivity index (χ0n) is 18.3. The molecule has 1 N–H and O–H groups in total. The lowest BCUT2D eigenvalue weighted by molar-refractivity contribution is 0.0934. The van der Waals surface area contributed by atoms with Crippen LogP contribution in [-0.4, -0.2) is 51.3 Å². The molecule has 0 aliphatic carbocycles. The van der Waals surface area contributed by atoms with Crippen LogP contribution in [0.2, 0.25) is 5.02 Å². The third kappa shape index (κ3) is 5.80. The van der Waals surface area contributed by atoms with Crippen molar-refractivity contribution in [2.75, 3.05) is 40.5 Å². The highest BCUT2D eigenvalue weighted by molar-refractivity contribution is 6.32. The van der Waals surface area contributed by atoms with Gasteiger partial charge in [0.05, 0.1) is 31.9 Å². The minimum atomic E-state index is -0.224. The molecule has 0 aliphatic heterocycles. The lowest BCUT2D eigenvalue weighted by atomic mass is 10.0. The van der Waals surface area contributed by atoms with E-state index in [1.165, 1.54) is 7.11 Å². The van der Waals surface area contributed by atoms with E-state index in [1.807, 2.05) is 25.1 Å². The predicted molar refractivity (Wildman–Crippen MR) is 120 cm³/mol. The highest BCUT2D eigenvalue weighted by Crippen LogP contribution is 2.36. The van der Waals surface area contributed by atoms with Crippen LogP contribution in [0.5, 0.6) is 17.2 Å². The van der Waals surface area contributed by atoms with E-state index in [0.29, 0.717) is 35.2 Å². The molecule has 0 fully saturated rings. The lowest BCUT2D eigenvalue weighted by Crippen LogP contribution is -2.38. The predicted octanol–water partition coefficient (Wildman–Crippen LogP) is 4.57. The van der Waals surface area contributed by atoms with E-state index >= 15 is 0 Å². The standard InChI is InChI=1S/C23H31ClN2O4/c1-6-26(7-2)20(16-10-9-11-18(12-16)28-4)15-25-23(27)17-13-19(24)22(30-8-3)21(14-17)29-5/h9-14,20H,6-8,15H2,1-5H3,(H,25,27)/t20-/m0/s1. The molecular weight excluding hydrogens is 404 g/mol. The number of amides is 1. The molecule has 30 heavy (non-hydrogen) atoms. The molecule has 2 aromatic rings. The second kappa shape index (κ2) is 11.7. The Hall–Kier alpha value is -2.44. The highest BCUT2D eigenvalue weighted by atomic mass is 35.5. The van der Waals surface area contributed by atoms with Gasteiger partial charge in [0.1, 0.15) is 5.75 Å². The maximum atomic E-state index is 12.9. The summed E-state index contributed by atoms with van der Waals surface area (Å²) in [5, 5.41) is 3.38. The van der Waals surface area contributed by atoms with E-state index in [2.05, 4.69) is 30.1 Å². The molecule has 0 aliphatic rings. The summed E-state index contributed by atoms with van der Waals surface area (Å²) in [6.07, 6.45) is 0. The number of carbonyl (C=O) groups excluding carboxylic acids is 1. The molecule has 1 amide bonds. The van der Waals surface area contributed by atoms with Crippen molar-refractivity contribution in [1.29, 1.82) is 0 Å². The van der Waals surface area contributed by atoms with E-state index in [4.69, 9.17) is 25.8 Å². The summed E-state index contributed by atoms with van der Waals surface area (Å²) in [5.74, 6) is 1.44. The van der Waals surface area contributed by atoms with Crippen LogP contribution < -0.4 is 19.5 Å². The second-order valence-electron chi connectivity index (χ2n) is 6.65. The highest BCUT2D eigenvalue weighted by Gasteiger charge is 2.21. The summed E-state index contributed by atoms with van der Waals surface area (Å²) in [4.78, 5) is 15.2. The molecule has 2 aromatic carbocycles. The fourth-order valence-electron chi connectivity index (χ4n) is 3.40. The minimum absolute atomic E-state index is 0.0131.